The summed E-state index contributed by atoms with van der Waals surface area (Å²) in [6.45, 7) is 9.15. The second kappa shape index (κ2) is 17.1. The minimum absolute atomic E-state index is 0. The van der Waals surface area contributed by atoms with Crippen molar-refractivity contribution < 1.29 is 21.5 Å². The molecular weight excluding hydrogens is 869 g/mol. The van der Waals surface area contributed by atoms with Gasteiger partial charge in [-0.1, -0.05) is 129 Å². The molecule has 0 amide bonds. The summed E-state index contributed by atoms with van der Waals surface area (Å²) >= 11 is 1.85. The number of pyridine rings is 2. The first-order valence-corrected chi connectivity index (χ1v) is 24.2. The maximum atomic E-state index is 10.2. The van der Waals surface area contributed by atoms with Gasteiger partial charge in [-0.25, -0.2) is 0 Å². The minimum atomic E-state index is -1.23. The molecule has 4 aromatic carbocycles. The maximum absolute atomic E-state index is 10.2. The van der Waals surface area contributed by atoms with Crippen LogP contribution in [0.5, 0.6) is 0 Å². The summed E-state index contributed by atoms with van der Waals surface area (Å²) in [6, 6.07) is 39.2. The van der Waals surface area contributed by atoms with Crippen molar-refractivity contribution in [1.82, 2.24) is 9.97 Å². The summed E-state index contributed by atoms with van der Waals surface area (Å²) < 4.78 is 12.8. The summed E-state index contributed by atoms with van der Waals surface area (Å²) in [6.07, 6.45) is 16.5. The van der Waals surface area contributed by atoms with Crippen LogP contribution in [0.25, 0.3) is 53.5 Å². The van der Waals surface area contributed by atoms with Gasteiger partial charge in [0.25, 0.3) is 0 Å². The van der Waals surface area contributed by atoms with E-state index in [-0.39, 0.29) is 20.1 Å². The Morgan fingerprint density at radius 2 is 1.48 bits per heavy atom. The third-order valence-corrected chi connectivity index (χ3v) is 14.8. The van der Waals surface area contributed by atoms with Crippen molar-refractivity contribution in [2.75, 3.05) is 0 Å². The molecule has 0 spiro atoms. The Morgan fingerprint density at radius 1 is 0.759 bits per heavy atom. The molecule has 1 radical (unpaired) electrons. The molecule has 2 aliphatic carbocycles. The fraction of sp³-hybridized carbons (Fsp3) is 0.347. The van der Waals surface area contributed by atoms with Gasteiger partial charge < -0.3 is 4.98 Å². The first-order valence-electron chi connectivity index (χ1n) is 20.4. The van der Waals surface area contributed by atoms with Crippen molar-refractivity contribution in [3.63, 3.8) is 0 Å². The molecule has 5 heteroatoms. The Bertz CT molecular complexity index is 2350. The predicted molar refractivity (Wildman–Crippen MR) is 231 cm³/mol. The van der Waals surface area contributed by atoms with E-state index in [2.05, 4.69) is 110 Å². The fourth-order valence-electron chi connectivity index (χ4n) is 8.77. The van der Waals surface area contributed by atoms with E-state index in [1.807, 2.05) is 48.0 Å². The molecular formula is C49H52IrN2SSi-2. The average Bonchev–Trinajstić information content (AvgIpc) is 3.61. The number of rotatable bonds is 6. The van der Waals surface area contributed by atoms with Crippen molar-refractivity contribution in [2.24, 2.45) is 11.8 Å². The van der Waals surface area contributed by atoms with Gasteiger partial charge in [0.15, 0.2) is 0 Å². The number of thiophene rings is 1. The average molecular weight is 922 g/mol. The van der Waals surface area contributed by atoms with Gasteiger partial charge in [0.05, 0.1) is 8.07 Å². The van der Waals surface area contributed by atoms with E-state index in [1.165, 1.54) is 106 Å². The molecule has 0 saturated heterocycles. The normalized spacial score (nSPS) is 16.1. The minimum Gasteiger partial charge on any atom is -0.305 e. The number of hydrogen-bond acceptors (Lipinski definition) is 3. The molecule has 2 saturated carbocycles. The van der Waals surface area contributed by atoms with Gasteiger partial charge in [0.1, 0.15) is 0 Å². The molecule has 9 rings (SSSR count). The van der Waals surface area contributed by atoms with Crippen LogP contribution in [-0.4, -0.2) is 18.0 Å². The van der Waals surface area contributed by atoms with E-state index in [0.717, 1.165) is 27.9 Å². The van der Waals surface area contributed by atoms with E-state index < -0.39 is 14.0 Å². The van der Waals surface area contributed by atoms with Crippen molar-refractivity contribution in [3.05, 3.63) is 127 Å². The van der Waals surface area contributed by atoms with Crippen LogP contribution < -0.4 is 5.19 Å². The molecule has 54 heavy (non-hydrogen) atoms. The molecule has 3 aromatic heterocycles. The Kier molecular flexibility index (Phi) is 11.9. The van der Waals surface area contributed by atoms with Crippen LogP contribution in [0.15, 0.2) is 103 Å². The van der Waals surface area contributed by atoms with Gasteiger partial charge >= 0.3 is 0 Å². The summed E-state index contributed by atoms with van der Waals surface area (Å²) in [5.41, 5.74) is 6.57. The molecule has 2 fully saturated rings. The van der Waals surface area contributed by atoms with Crippen LogP contribution in [0.1, 0.15) is 82.6 Å². The van der Waals surface area contributed by atoms with Gasteiger partial charge in [-0.3, -0.25) is 4.98 Å². The van der Waals surface area contributed by atoms with E-state index in [0.29, 0.717) is 11.8 Å². The molecule has 3 heterocycles. The van der Waals surface area contributed by atoms with E-state index in [4.69, 9.17) is 4.98 Å². The molecule has 0 aliphatic heterocycles. The van der Waals surface area contributed by atoms with E-state index >= 15 is 0 Å². The van der Waals surface area contributed by atoms with Gasteiger partial charge in [-0.05, 0) is 89.0 Å². The second-order valence-corrected chi connectivity index (χ2v) is 22.5. The number of aryl methyl sites for hydroxylation is 1. The van der Waals surface area contributed by atoms with Gasteiger partial charge in [-0.2, -0.15) is 11.3 Å². The SMILES string of the molecule is C[Si](C)(C)c1ccc(-c2[c-]cccc2)nc1.[2H]C(c1ccnc(-c2[c-]c3cc(C)ccc3c3c2sc2ccccc23)c1)(C1CCCCC1)C1CCCCC1.[Ir]. The largest absolute Gasteiger partial charge is 0.305 e. The van der Waals surface area contributed by atoms with Crippen molar-refractivity contribution in [3.8, 4) is 22.5 Å². The first kappa shape index (κ1) is 37.5. The smallest absolute Gasteiger partial charge is 0.0795 e. The zero-order valence-corrected chi connectivity index (χ0v) is 36.4. The topological polar surface area (TPSA) is 25.8 Å². The van der Waals surface area contributed by atoms with Crippen molar-refractivity contribution in [1.29, 1.82) is 0 Å². The van der Waals surface area contributed by atoms with Crippen LogP contribution >= 0.6 is 11.3 Å². The predicted octanol–water partition coefficient (Wildman–Crippen LogP) is 13.7. The third-order valence-electron chi connectivity index (χ3n) is 11.6. The number of aromatic nitrogens is 2. The number of benzene rings is 4. The van der Waals surface area contributed by atoms with Gasteiger partial charge in [-0.15, -0.1) is 53.4 Å². The molecule has 0 N–H and O–H groups in total. The molecule has 0 atom stereocenters. The quantitative estimate of drug-likeness (QED) is 0.123. The van der Waals surface area contributed by atoms with Crippen LogP contribution in [0, 0.1) is 30.9 Å². The molecule has 7 aromatic rings. The zero-order valence-electron chi connectivity index (χ0n) is 33.2. The van der Waals surface area contributed by atoms with Crippen molar-refractivity contribution in [2.45, 2.75) is 96.7 Å². The van der Waals surface area contributed by atoms with Gasteiger partial charge in [0, 0.05) is 44.3 Å². The molecule has 0 bridgehead atoms. The monoisotopic (exact) mass is 922 g/mol. The number of fused-ring (bicyclic) bond motifs is 5. The maximum Gasteiger partial charge on any atom is 0.0795 e. The third kappa shape index (κ3) is 8.36. The zero-order chi connectivity index (χ0) is 37.3. The van der Waals surface area contributed by atoms with Crippen molar-refractivity contribution >= 4 is 55.5 Å². The fourth-order valence-corrected chi connectivity index (χ4v) is 11.0. The number of nitrogens with zero attached hydrogens (tertiary/aromatic N) is 2. The molecule has 2 nitrogen and oxygen atoms in total. The standard InChI is InChI=1S/C35H36NS.C14H16NSi.Ir/c1-23-16-17-28-27(20-23)21-30(35-34(28)29-14-8-9-15-32(29)37-35)31-22-26(18-19-36-31)33(24-10-4-2-5-11-24)25-12-6-3-7-13-25;1-16(2,3)13-9-10-14(15-11-13)12-7-5-4-6-8-12;/h8-9,14-20,22,24-25,33H,2-7,10-13H2,1H3;4-7,9-11H,1-3H3;/q2*-1;/i33D;;. The first-order chi connectivity index (χ1) is 26.2. The van der Waals surface area contributed by atoms with Gasteiger partial charge in [0.2, 0.25) is 0 Å². The van der Waals surface area contributed by atoms with Crippen LogP contribution in [0.2, 0.25) is 19.6 Å². The Morgan fingerprint density at radius 3 is 2.15 bits per heavy atom. The Hall–Kier alpha value is -3.47. The summed E-state index contributed by atoms with van der Waals surface area (Å²) in [4.78, 5) is 9.47. The van der Waals surface area contributed by atoms with Crippen LogP contribution in [-0.2, 0) is 20.1 Å². The Balaban J connectivity index is 0.000000231. The second-order valence-electron chi connectivity index (χ2n) is 16.4. The van der Waals surface area contributed by atoms with Crippen LogP contribution in [0.4, 0.5) is 0 Å². The molecule has 0 unspecified atom stereocenters. The molecule has 2 aliphatic rings. The summed E-state index contributed by atoms with van der Waals surface area (Å²) in [7, 11) is -1.23. The Labute approximate surface area is 342 Å². The summed E-state index contributed by atoms with van der Waals surface area (Å²) in [5.74, 6) is 0.370. The van der Waals surface area contributed by atoms with E-state index in [1.54, 1.807) is 0 Å². The summed E-state index contributed by atoms with van der Waals surface area (Å²) in [5, 5.41) is 6.44. The van der Waals surface area contributed by atoms with E-state index in [9.17, 15) is 1.37 Å². The number of hydrogen-bond donors (Lipinski definition) is 0. The van der Waals surface area contributed by atoms with Crippen LogP contribution in [0.3, 0.4) is 0 Å². The molecule has 279 valence electrons.